The highest BCUT2D eigenvalue weighted by Crippen LogP contribution is 2.14. The van der Waals surface area contributed by atoms with Gasteiger partial charge in [-0.2, -0.15) is 0 Å². The Morgan fingerprint density at radius 1 is 0.535 bits per heavy atom. The maximum absolute atomic E-state index is 12.2. The zero-order chi connectivity index (χ0) is 31.3. The molecule has 43 heavy (non-hydrogen) atoms. The third kappa shape index (κ3) is 35.5. The molecule has 0 radical (unpaired) electrons. The summed E-state index contributed by atoms with van der Waals surface area (Å²) in [5, 5.41) is 0. The van der Waals surface area contributed by atoms with Crippen LogP contribution in [0.4, 0.5) is 0 Å². The number of hydrogen-bond donors (Lipinski definition) is 1. The standard InChI is InChI=1S/C39H77NO3/c1-3-5-7-9-11-13-15-17-19-21-23-25-27-29-31-33-35-42-37-38(36-40)43-39(41)34-32-30-28-26-24-22-20-18-16-14-12-10-8-6-4-2/h18,20,38H,3-17,19,21-37,40H2,1-2H3. The van der Waals surface area contributed by atoms with Crippen LogP contribution in [0.15, 0.2) is 12.2 Å². The third-order valence-corrected chi connectivity index (χ3v) is 8.65. The van der Waals surface area contributed by atoms with E-state index in [4.69, 9.17) is 15.2 Å². The normalized spacial score (nSPS) is 12.3. The minimum atomic E-state index is -0.309. The lowest BCUT2D eigenvalue weighted by molar-refractivity contribution is -0.151. The smallest absolute Gasteiger partial charge is 0.306 e. The summed E-state index contributed by atoms with van der Waals surface area (Å²) < 4.78 is 11.3. The quantitative estimate of drug-likeness (QED) is 0.0437. The van der Waals surface area contributed by atoms with Crippen LogP contribution in [0.5, 0.6) is 0 Å². The van der Waals surface area contributed by atoms with Gasteiger partial charge in [-0.05, 0) is 38.5 Å². The van der Waals surface area contributed by atoms with Gasteiger partial charge in [0.25, 0.3) is 0 Å². The molecule has 0 aromatic carbocycles. The first-order valence-corrected chi connectivity index (χ1v) is 19.4. The molecule has 2 N–H and O–H groups in total. The van der Waals surface area contributed by atoms with Crippen molar-refractivity contribution in [2.45, 2.75) is 213 Å². The van der Waals surface area contributed by atoms with Gasteiger partial charge in [0.1, 0.15) is 6.10 Å². The maximum Gasteiger partial charge on any atom is 0.306 e. The second-order valence-electron chi connectivity index (χ2n) is 13.1. The Bertz CT molecular complexity index is 565. The van der Waals surface area contributed by atoms with Crippen molar-refractivity contribution in [2.75, 3.05) is 19.8 Å². The highest BCUT2D eigenvalue weighted by atomic mass is 16.6. The summed E-state index contributed by atoms with van der Waals surface area (Å²) in [6, 6.07) is 0. The van der Waals surface area contributed by atoms with Crippen molar-refractivity contribution in [3.63, 3.8) is 0 Å². The molecule has 0 saturated heterocycles. The van der Waals surface area contributed by atoms with Gasteiger partial charge in [0, 0.05) is 19.6 Å². The molecule has 0 saturated carbocycles. The number of esters is 1. The van der Waals surface area contributed by atoms with E-state index >= 15 is 0 Å². The number of carbonyl (C=O) groups is 1. The Kier molecular flexibility index (Phi) is 36.6. The van der Waals surface area contributed by atoms with Crippen LogP contribution < -0.4 is 5.73 Å². The van der Waals surface area contributed by atoms with Crippen LogP contribution in [0.3, 0.4) is 0 Å². The van der Waals surface area contributed by atoms with Gasteiger partial charge in [-0.15, -0.1) is 0 Å². The summed E-state index contributed by atoms with van der Waals surface area (Å²) >= 11 is 0. The van der Waals surface area contributed by atoms with Crippen molar-refractivity contribution >= 4 is 5.97 Å². The summed E-state index contributed by atoms with van der Waals surface area (Å²) in [6.45, 7) is 6.05. The summed E-state index contributed by atoms with van der Waals surface area (Å²) in [5.74, 6) is -0.126. The monoisotopic (exact) mass is 608 g/mol. The van der Waals surface area contributed by atoms with E-state index in [1.54, 1.807) is 0 Å². The fourth-order valence-electron chi connectivity index (χ4n) is 5.70. The topological polar surface area (TPSA) is 61.5 Å². The highest BCUT2D eigenvalue weighted by molar-refractivity contribution is 5.69. The first kappa shape index (κ1) is 42.1. The first-order chi connectivity index (χ1) is 21.2. The summed E-state index contributed by atoms with van der Waals surface area (Å²) in [7, 11) is 0. The van der Waals surface area contributed by atoms with Crippen LogP contribution in [0, 0.1) is 0 Å². The minimum Gasteiger partial charge on any atom is -0.459 e. The molecule has 0 aromatic heterocycles. The molecule has 0 rings (SSSR count). The highest BCUT2D eigenvalue weighted by Gasteiger charge is 2.13. The number of nitrogens with two attached hydrogens (primary N) is 1. The molecular weight excluding hydrogens is 530 g/mol. The van der Waals surface area contributed by atoms with Crippen molar-refractivity contribution in [1.29, 1.82) is 0 Å². The molecule has 256 valence electrons. The van der Waals surface area contributed by atoms with E-state index in [2.05, 4.69) is 26.0 Å². The molecule has 4 heteroatoms. The third-order valence-electron chi connectivity index (χ3n) is 8.65. The van der Waals surface area contributed by atoms with E-state index in [1.807, 2.05) is 0 Å². The Labute approximate surface area is 270 Å². The van der Waals surface area contributed by atoms with Gasteiger partial charge in [-0.25, -0.2) is 0 Å². The zero-order valence-corrected chi connectivity index (χ0v) is 29.4. The number of unbranched alkanes of at least 4 members (excludes halogenated alkanes) is 26. The Hall–Kier alpha value is -0.870. The largest absolute Gasteiger partial charge is 0.459 e. The lowest BCUT2D eigenvalue weighted by Crippen LogP contribution is -2.31. The van der Waals surface area contributed by atoms with Gasteiger partial charge < -0.3 is 15.2 Å². The first-order valence-electron chi connectivity index (χ1n) is 19.4. The van der Waals surface area contributed by atoms with Gasteiger partial charge >= 0.3 is 5.97 Å². The van der Waals surface area contributed by atoms with Gasteiger partial charge in [0.05, 0.1) is 6.61 Å². The molecule has 0 fully saturated rings. The Morgan fingerprint density at radius 2 is 0.907 bits per heavy atom. The van der Waals surface area contributed by atoms with Crippen molar-refractivity contribution in [2.24, 2.45) is 5.73 Å². The molecule has 0 heterocycles. The molecule has 1 atom stereocenters. The predicted molar refractivity (Wildman–Crippen MR) is 189 cm³/mol. The van der Waals surface area contributed by atoms with E-state index in [9.17, 15) is 4.79 Å². The number of hydrogen-bond acceptors (Lipinski definition) is 4. The number of rotatable bonds is 36. The summed E-state index contributed by atoms with van der Waals surface area (Å²) in [6.07, 6.45) is 43.2. The molecular formula is C39H77NO3. The SMILES string of the molecule is CCCCCCCCC=CCCCCCCCC(=O)OC(CN)COCCCCCCCCCCCCCCCCCC. The van der Waals surface area contributed by atoms with Crippen molar-refractivity contribution in [3.8, 4) is 0 Å². The number of ether oxygens (including phenoxy) is 2. The van der Waals surface area contributed by atoms with Gasteiger partial charge in [0.15, 0.2) is 0 Å². The average molecular weight is 608 g/mol. The van der Waals surface area contributed by atoms with Crippen molar-refractivity contribution < 1.29 is 14.3 Å². The number of carbonyl (C=O) groups excluding carboxylic acids is 1. The van der Waals surface area contributed by atoms with Gasteiger partial charge in [0.2, 0.25) is 0 Å². The second-order valence-corrected chi connectivity index (χ2v) is 13.1. The van der Waals surface area contributed by atoms with Crippen molar-refractivity contribution in [1.82, 2.24) is 0 Å². The molecule has 0 spiro atoms. The van der Waals surface area contributed by atoms with Crippen LogP contribution in [0.2, 0.25) is 0 Å². The zero-order valence-electron chi connectivity index (χ0n) is 29.4. The van der Waals surface area contributed by atoms with E-state index in [0.717, 1.165) is 25.9 Å². The van der Waals surface area contributed by atoms with Gasteiger partial charge in [-0.1, -0.05) is 174 Å². The maximum atomic E-state index is 12.2. The van der Waals surface area contributed by atoms with Crippen LogP contribution in [0.25, 0.3) is 0 Å². The predicted octanol–water partition coefficient (Wildman–Crippen LogP) is 12.2. The van der Waals surface area contributed by atoms with E-state index in [0.29, 0.717) is 19.6 Å². The molecule has 0 bridgehead atoms. The molecule has 0 aliphatic carbocycles. The average Bonchev–Trinajstić information content (AvgIpc) is 3.01. The molecule has 0 amide bonds. The molecule has 0 aliphatic rings. The Morgan fingerprint density at radius 3 is 1.33 bits per heavy atom. The van der Waals surface area contributed by atoms with Crippen LogP contribution in [0.1, 0.15) is 206 Å². The van der Waals surface area contributed by atoms with E-state index in [-0.39, 0.29) is 12.1 Å². The molecule has 0 aliphatic heterocycles. The molecule has 0 aromatic rings. The lowest BCUT2D eigenvalue weighted by atomic mass is 10.0. The number of allylic oxidation sites excluding steroid dienone is 2. The molecule has 4 nitrogen and oxygen atoms in total. The second kappa shape index (κ2) is 37.3. The van der Waals surface area contributed by atoms with Crippen LogP contribution >= 0.6 is 0 Å². The fourth-order valence-corrected chi connectivity index (χ4v) is 5.70. The summed E-state index contributed by atoms with van der Waals surface area (Å²) in [5.41, 5.74) is 5.82. The van der Waals surface area contributed by atoms with E-state index in [1.165, 1.54) is 167 Å². The van der Waals surface area contributed by atoms with Crippen LogP contribution in [-0.4, -0.2) is 31.8 Å². The minimum absolute atomic E-state index is 0.126. The molecule has 1 unspecified atom stereocenters. The van der Waals surface area contributed by atoms with Crippen LogP contribution in [-0.2, 0) is 14.3 Å². The van der Waals surface area contributed by atoms with Gasteiger partial charge in [-0.3, -0.25) is 4.79 Å². The lowest BCUT2D eigenvalue weighted by Gasteiger charge is -2.16. The fraction of sp³-hybridized carbons (Fsp3) is 0.923. The van der Waals surface area contributed by atoms with E-state index < -0.39 is 0 Å². The Balaban J connectivity index is 3.41. The summed E-state index contributed by atoms with van der Waals surface area (Å²) in [4.78, 5) is 12.2. The van der Waals surface area contributed by atoms with Crippen molar-refractivity contribution in [3.05, 3.63) is 12.2 Å².